The molecule has 0 atom stereocenters. The molecule has 0 aliphatic rings. The molecule has 2 aromatic carbocycles. The second-order valence-corrected chi connectivity index (χ2v) is 4.62. The van der Waals surface area contributed by atoms with Crippen LogP contribution in [0.3, 0.4) is 0 Å². The number of benzene rings is 2. The Labute approximate surface area is 124 Å². The van der Waals surface area contributed by atoms with Crippen LogP contribution in [-0.4, -0.2) is 32.1 Å². The maximum Gasteiger partial charge on any atom is 0.336 e. The van der Waals surface area contributed by atoms with E-state index in [0.717, 1.165) is 5.56 Å². The third kappa shape index (κ3) is 2.37. The van der Waals surface area contributed by atoms with Crippen molar-refractivity contribution >= 4 is 23.0 Å². The Bertz CT molecular complexity index is 891. The Hall–Kier alpha value is -3.28. The minimum Gasteiger partial charge on any atom is -0.478 e. The second-order valence-electron chi connectivity index (χ2n) is 4.62. The van der Waals surface area contributed by atoms with Crippen LogP contribution in [0.1, 0.15) is 20.7 Å². The molecule has 1 heterocycles. The maximum atomic E-state index is 11.2. The molecule has 1 aromatic heterocycles. The fourth-order valence-corrected chi connectivity index (χ4v) is 2.16. The van der Waals surface area contributed by atoms with Gasteiger partial charge in [0.2, 0.25) is 0 Å². The van der Waals surface area contributed by atoms with Crippen molar-refractivity contribution in [1.29, 1.82) is 0 Å². The molecule has 6 heteroatoms. The molecule has 0 amide bonds. The highest BCUT2D eigenvalue weighted by Crippen LogP contribution is 2.22. The largest absolute Gasteiger partial charge is 0.478 e. The molecule has 22 heavy (non-hydrogen) atoms. The van der Waals surface area contributed by atoms with E-state index in [1.165, 1.54) is 18.3 Å². The van der Waals surface area contributed by atoms with Crippen LogP contribution in [0, 0.1) is 0 Å². The summed E-state index contributed by atoms with van der Waals surface area (Å²) in [5, 5.41) is 18.2. The molecule has 0 spiro atoms. The monoisotopic (exact) mass is 294 g/mol. The van der Waals surface area contributed by atoms with E-state index >= 15 is 0 Å². The van der Waals surface area contributed by atoms with E-state index in [0.29, 0.717) is 16.7 Å². The third-order valence-electron chi connectivity index (χ3n) is 3.21. The number of rotatable bonds is 3. The van der Waals surface area contributed by atoms with E-state index in [2.05, 4.69) is 9.97 Å². The standard InChI is InChI=1S/C16H10N2O4/c19-15(20)10-6-12-13(7-11(10)16(21)22)18-14(8-17-12)9-4-2-1-3-5-9/h1-8H,(H,19,20)(H,21,22). The number of carboxylic acids is 2. The normalized spacial score (nSPS) is 10.5. The second kappa shape index (κ2) is 5.25. The van der Waals surface area contributed by atoms with Crippen molar-refractivity contribution in [2.75, 3.05) is 0 Å². The quantitative estimate of drug-likeness (QED) is 0.770. The summed E-state index contributed by atoms with van der Waals surface area (Å²) in [5.41, 5.74) is 1.50. The molecule has 108 valence electrons. The molecule has 2 N–H and O–H groups in total. The number of aromatic nitrogens is 2. The van der Waals surface area contributed by atoms with Gasteiger partial charge in [-0.2, -0.15) is 0 Å². The molecule has 3 rings (SSSR count). The van der Waals surface area contributed by atoms with Gasteiger partial charge >= 0.3 is 11.9 Å². The Kier molecular flexibility index (Phi) is 3.27. The fourth-order valence-electron chi connectivity index (χ4n) is 2.16. The Morgan fingerprint density at radius 2 is 1.45 bits per heavy atom. The van der Waals surface area contributed by atoms with Gasteiger partial charge in [0.15, 0.2) is 0 Å². The lowest BCUT2D eigenvalue weighted by molar-refractivity contribution is 0.0652. The van der Waals surface area contributed by atoms with Gasteiger partial charge in [-0.1, -0.05) is 30.3 Å². The zero-order chi connectivity index (χ0) is 15.7. The average molecular weight is 294 g/mol. The van der Waals surface area contributed by atoms with Crippen molar-refractivity contribution in [1.82, 2.24) is 9.97 Å². The first-order chi connectivity index (χ1) is 10.6. The third-order valence-corrected chi connectivity index (χ3v) is 3.21. The highest BCUT2D eigenvalue weighted by Gasteiger charge is 2.18. The zero-order valence-electron chi connectivity index (χ0n) is 11.2. The van der Waals surface area contributed by atoms with Gasteiger partial charge in [0.25, 0.3) is 0 Å². The molecule has 0 aliphatic heterocycles. The highest BCUT2D eigenvalue weighted by atomic mass is 16.4. The molecule has 6 nitrogen and oxygen atoms in total. The SMILES string of the molecule is O=C(O)c1cc2ncc(-c3ccccc3)nc2cc1C(=O)O. The predicted molar refractivity (Wildman–Crippen MR) is 78.9 cm³/mol. The van der Waals surface area contributed by atoms with Crippen molar-refractivity contribution in [3.63, 3.8) is 0 Å². The molecule has 0 saturated heterocycles. The predicted octanol–water partition coefficient (Wildman–Crippen LogP) is 2.69. The van der Waals surface area contributed by atoms with Crippen molar-refractivity contribution in [3.05, 3.63) is 59.8 Å². The smallest absolute Gasteiger partial charge is 0.336 e. The lowest BCUT2D eigenvalue weighted by Crippen LogP contribution is -2.08. The van der Waals surface area contributed by atoms with Crippen LogP contribution in [0.4, 0.5) is 0 Å². The first kappa shape index (κ1) is 13.7. The Balaban J connectivity index is 2.23. The van der Waals surface area contributed by atoms with Gasteiger partial charge in [0, 0.05) is 5.56 Å². The fraction of sp³-hybridized carbons (Fsp3) is 0. The summed E-state index contributed by atoms with van der Waals surface area (Å²) >= 11 is 0. The zero-order valence-corrected chi connectivity index (χ0v) is 11.2. The molecular weight excluding hydrogens is 284 g/mol. The summed E-state index contributed by atoms with van der Waals surface area (Å²) in [6.07, 6.45) is 1.53. The molecule has 0 saturated carbocycles. The minimum absolute atomic E-state index is 0.304. The lowest BCUT2D eigenvalue weighted by Gasteiger charge is -2.06. The topological polar surface area (TPSA) is 100 Å². The van der Waals surface area contributed by atoms with E-state index in [1.807, 2.05) is 30.3 Å². The molecule has 0 radical (unpaired) electrons. The molecular formula is C16H10N2O4. The van der Waals surface area contributed by atoms with E-state index in [4.69, 9.17) is 10.2 Å². The van der Waals surface area contributed by atoms with Crippen LogP contribution in [-0.2, 0) is 0 Å². The minimum atomic E-state index is -1.31. The molecule has 0 aliphatic carbocycles. The lowest BCUT2D eigenvalue weighted by atomic mass is 10.1. The van der Waals surface area contributed by atoms with Crippen molar-refractivity contribution < 1.29 is 19.8 Å². The van der Waals surface area contributed by atoms with E-state index in [1.54, 1.807) is 0 Å². The van der Waals surface area contributed by atoms with Gasteiger partial charge in [0.05, 0.1) is 34.1 Å². The number of carbonyl (C=O) groups is 2. The molecule has 0 fully saturated rings. The van der Waals surface area contributed by atoms with Crippen LogP contribution < -0.4 is 0 Å². The highest BCUT2D eigenvalue weighted by molar-refractivity contribution is 6.05. The van der Waals surface area contributed by atoms with Crippen molar-refractivity contribution in [2.24, 2.45) is 0 Å². The molecule has 0 unspecified atom stereocenters. The molecule has 0 bridgehead atoms. The summed E-state index contributed by atoms with van der Waals surface area (Å²) in [5.74, 6) is -2.63. The number of fused-ring (bicyclic) bond motifs is 1. The van der Waals surface area contributed by atoms with Gasteiger partial charge in [-0.05, 0) is 12.1 Å². The van der Waals surface area contributed by atoms with Gasteiger partial charge in [0.1, 0.15) is 0 Å². The number of hydrogen-bond donors (Lipinski definition) is 2. The Morgan fingerprint density at radius 3 is 2.05 bits per heavy atom. The van der Waals surface area contributed by atoms with Gasteiger partial charge in [-0.3, -0.25) is 4.98 Å². The van der Waals surface area contributed by atoms with Crippen molar-refractivity contribution in [3.8, 4) is 11.3 Å². The summed E-state index contributed by atoms with van der Waals surface area (Å²) < 4.78 is 0. The summed E-state index contributed by atoms with van der Waals surface area (Å²) in [6, 6.07) is 11.8. The Morgan fingerprint density at radius 1 is 0.864 bits per heavy atom. The number of nitrogens with zero attached hydrogens (tertiary/aromatic N) is 2. The number of aromatic carboxylic acids is 2. The van der Waals surface area contributed by atoms with Gasteiger partial charge in [-0.25, -0.2) is 14.6 Å². The van der Waals surface area contributed by atoms with Crippen LogP contribution in [0.15, 0.2) is 48.7 Å². The van der Waals surface area contributed by atoms with Crippen LogP contribution >= 0.6 is 0 Å². The van der Waals surface area contributed by atoms with Gasteiger partial charge < -0.3 is 10.2 Å². The first-order valence-corrected chi connectivity index (χ1v) is 6.39. The number of hydrogen-bond acceptors (Lipinski definition) is 4. The summed E-state index contributed by atoms with van der Waals surface area (Å²) in [6.45, 7) is 0. The van der Waals surface area contributed by atoms with E-state index < -0.39 is 11.9 Å². The number of carboxylic acid groups (broad SMARTS) is 2. The van der Waals surface area contributed by atoms with Gasteiger partial charge in [-0.15, -0.1) is 0 Å². The average Bonchev–Trinajstić information content (AvgIpc) is 2.53. The van der Waals surface area contributed by atoms with Crippen molar-refractivity contribution in [2.45, 2.75) is 0 Å². The van der Waals surface area contributed by atoms with Crippen LogP contribution in [0.5, 0.6) is 0 Å². The van der Waals surface area contributed by atoms with Crippen LogP contribution in [0.2, 0.25) is 0 Å². The first-order valence-electron chi connectivity index (χ1n) is 6.39. The summed E-state index contributed by atoms with van der Waals surface area (Å²) in [4.78, 5) is 30.9. The van der Waals surface area contributed by atoms with Crippen LogP contribution in [0.25, 0.3) is 22.3 Å². The van der Waals surface area contributed by atoms with E-state index in [9.17, 15) is 9.59 Å². The molecule has 3 aromatic rings. The van der Waals surface area contributed by atoms with E-state index in [-0.39, 0.29) is 11.1 Å². The summed E-state index contributed by atoms with van der Waals surface area (Å²) in [7, 11) is 0. The maximum absolute atomic E-state index is 11.2.